The topological polar surface area (TPSA) is 58.9 Å². The van der Waals surface area contributed by atoms with E-state index >= 15 is 0 Å². The maximum Gasteiger partial charge on any atom is 0.127 e. The van der Waals surface area contributed by atoms with Crippen LogP contribution in [0.15, 0.2) is 60.7 Å². The Bertz CT molecular complexity index is 1720. The summed E-state index contributed by atoms with van der Waals surface area (Å²) in [6.45, 7) is 34.2. The van der Waals surface area contributed by atoms with Gasteiger partial charge in [-0.2, -0.15) is 0 Å². The number of aromatic hydroxyl groups is 2. The summed E-state index contributed by atoms with van der Waals surface area (Å²) in [5.74, 6) is 0.244. The molecule has 0 aliphatic heterocycles. The predicted molar refractivity (Wildman–Crippen MR) is 229 cm³/mol. The molecule has 0 aliphatic carbocycles. The summed E-state index contributed by atoms with van der Waals surface area (Å²) in [7, 11) is 0. The number of hydrogen-bond donors (Lipinski definition) is 2. The molecule has 0 aromatic heterocycles. The van der Waals surface area contributed by atoms with Gasteiger partial charge >= 0.3 is 0 Å². The lowest BCUT2D eigenvalue weighted by Crippen LogP contribution is -2.25. The standard InChI is InChI=1S/C45H58F2O4.2C2H6/c1-28-20-30(44(9,10)26-42(3,4)5)22-36(40(28)48)34-24-32(46)14-16-38(34)50-18-13-19-51-39-17-15-33(47)25-35(39)37-23-31(21-29(2)41(37)49)45(11,12)27-43(6,7)8;2*1-2/h14-17,20-25,48-49H,13,18-19,26-27H2,1-12H3;2*1-2H3. The molecule has 0 heterocycles. The third-order valence-electron chi connectivity index (χ3n) is 9.38. The minimum absolute atomic E-state index is 0.0890. The maximum atomic E-state index is 14.7. The predicted octanol–water partition coefficient (Wildman–Crippen LogP) is 14.7. The van der Waals surface area contributed by atoms with Crippen LogP contribution in [0.25, 0.3) is 22.3 Å². The molecule has 55 heavy (non-hydrogen) atoms. The molecule has 0 bridgehead atoms. The third-order valence-corrected chi connectivity index (χ3v) is 9.38. The van der Waals surface area contributed by atoms with Crippen molar-refractivity contribution in [2.24, 2.45) is 10.8 Å². The van der Waals surface area contributed by atoms with Crippen molar-refractivity contribution in [1.82, 2.24) is 0 Å². The summed E-state index contributed by atoms with van der Waals surface area (Å²) in [5, 5.41) is 22.3. The molecule has 6 heteroatoms. The van der Waals surface area contributed by atoms with Crippen LogP contribution in [0.3, 0.4) is 0 Å². The van der Waals surface area contributed by atoms with Crippen LogP contribution >= 0.6 is 0 Å². The second-order valence-electron chi connectivity index (χ2n) is 18.0. The molecule has 304 valence electrons. The van der Waals surface area contributed by atoms with Crippen molar-refractivity contribution < 1.29 is 28.5 Å². The van der Waals surface area contributed by atoms with Crippen LogP contribution in [0.2, 0.25) is 0 Å². The first-order valence-electron chi connectivity index (χ1n) is 20.0. The highest BCUT2D eigenvalue weighted by molar-refractivity contribution is 5.79. The molecule has 2 N–H and O–H groups in total. The number of rotatable bonds is 12. The van der Waals surface area contributed by atoms with Crippen LogP contribution in [-0.4, -0.2) is 23.4 Å². The summed E-state index contributed by atoms with van der Waals surface area (Å²) in [5.41, 5.74) is 5.37. The third kappa shape index (κ3) is 13.0. The van der Waals surface area contributed by atoms with E-state index in [0.717, 1.165) is 24.0 Å². The molecule has 0 spiro atoms. The van der Waals surface area contributed by atoms with E-state index in [4.69, 9.17) is 9.47 Å². The van der Waals surface area contributed by atoms with Gasteiger partial charge in [-0.3, -0.25) is 0 Å². The molecule has 0 amide bonds. The van der Waals surface area contributed by atoms with E-state index in [-0.39, 0.29) is 46.4 Å². The van der Waals surface area contributed by atoms with Crippen LogP contribution in [0.4, 0.5) is 8.78 Å². The lowest BCUT2D eigenvalue weighted by Gasteiger charge is -2.33. The van der Waals surface area contributed by atoms with Gasteiger partial charge in [0.05, 0.1) is 13.2 Å². The van der Waals surface area contributed by atoms with Gasteiger partial charge in [0, 0.05) is 28.7 Å². The fourth-order valence-electron chi connectivity index (χ4n) is 7.71. The zero-order valence-electron chi connectivity index (χ0n) is 36.8. The van der Waals surface area contributed by atoms with Crippen molar-refractivity contribution in [2.45, 2.75) is 141 Å². The Morgan fingerprint density at radius 3 is 1.13 bits per heavy atom. The van der Waals surface area contributed by atoms with Gasteiger partial charge in [-0.25, -0.2) is 8.78 Å². The fourth-order valence-corrected chi connectivity index (χ4v) is 7.71. The van der Waals surface area contributed by atoms with Gasteiger partial charge in [0.1, 0.15) is 34.6 Å². The largest absolute Gasteiger partial charge is 0.507 e. The van der Waals surface area contributed by atoms with Crippen molar-refractivity contribution in [1.29, 1.82) is 0 Å². The Hall–Kier alpha value is -4.06. The van der Waals surface area contributed by atoms with Gasteiger partial charge < -0.3 is 19.7 Å². The first-order valence-corrected chi connectivity index (χ1v) is 20.0. The molecular formula is C49H70F2O4. The van der Waals surface area contributed by atoms with Crippen LogP contribution in [0.1, 0.15) is 138 Å². The van der Waals surface area contributed by atoms with Crippen molar-refractivity contribution in [3.63, 3.8) is 0 Å². The second kappa shape index (κ2) is 19.2. The van der Waals surface area contributed by atoms with E-state index in [9.17, 15) is 19.0 Å². The number of hydrogen-bond acceptors (Lipinski definition) is 4. The highest BCUT2D eigenvalue weighted by atomic mass is 19.1. The average Bonchev–Trinajstić information content (AvgIpc) is 3.07. The van der Waals surface area contributed by atoms with Crippen molar-refractivity contribution in [3.8, 4) is 45.3 Å². The highest BCUT2D eigenvalue weighted by Crippen LogP contribution is 2.45. The van der Waals surface area contributed by atoms with Gasteiger partial charge in [-0.05, 0) is 119 Å². The van der Waals surface area contributed by atoms with Gasteiger partial charge in [0.25, 0.3) is 0 Å². The van der Waals surface area contributed by atoms with Crippen molar-refractivity contribution in [2.75, 3.05) is 13.2 Å². The Morgan fingerprint density at radius 2 is 0.818 bits per heavy atom. The molecule has 0 aliphatic rings. The molecule has 0 radical (unpaired) electrons. The molecular weight excluding hydrogens is 691 g/mol. The molecule has 4 rings (SSSR count). The van der Waals surface area contributed by atoms with Crippen LogP contribution in [0.5, 0.6) is 23.0 Å². The van der Waals surface area contributed by atoms with Crippen molar-refractivity contribution in [3.05, 3.63) is 94.6 Å². The van der Waals surface area contributed by atoms with E-state index < -0.39 is 11.6 Å². The summed E-state index contributed by atoms with van der Waals surface area (Å²) >= 11 is 0. The zero-order valence-corrected chi connectivity index (χ0v) is 36.8. The first kappa shape index (κ1) is 47.1. The summed E-state index contributed by atoms with van der Waals surface area (Å²) < 4.78 is 41.7. The van der Waals surface area contributed by atoms with E-state index in [1.54, 1.807) is 12.1 Å². The molecule has 0 saturated carbocycles. The second-order valence-corrected chi connectivity index (χ2v) is 18.0. The van der Waals surface area contributed by atoms with Crippen LogP contribution in [0, 0.1) is 36.3 Å². The number of benzene rings is 4. The van der Waals surface area contributed by atoms with Gasteiger partial charge in [-0.1, -0.05) is 109 Å². The Kier molecular flexibility index (Phi) is 16.4. The molecule has 0 atom stereocenters. The van der Waals surface area contributed by atoms with E-state index in [2.05, 4.69) is 69.2 Å². The smallest absolute Gasteiger partial charge is 0.127 e. The number of aryl methyl sites for hydroxylation is 2. The van der Waals surface area contributed by atoms with Crippen LogP contribution < -0.4 is 9.47 Å². The minimum atomic E-state index is -0.426. The average molecular weight is 761 g/mol. The highest BCUT2D eigenvalue weighted by Gasteiger charge is 2.30. The Labute approximate surface area is 332 Å². The lowest BCUT2D eigenvalue weighted by molar-refractivity contribution is 0.248. The molecule has 0 fully saturated rings. The normalized spacial score (nSPS) is 12.0. The van der Waals surface area contributed by atoms with E-state index in [1.165, 1.54) is 24.3 Å². The first-order chi connectivity index (χ1) is 25.5. The Balaban J connectivity index is 0.00000253. The van der Waals surface area contributed by atoms with Gasteiger partial charge in [0.15, 0.2) is 0 Å². The fraction of sp³-hybridized carbons (Fsp3) is 0.510. The lowest BCUT2D eigenvalue weighted by atomic mass is 9.71. The molecule has 4 aromatic rings. The van der Waals surface area contributed by atoms with Crippen molar-refractivity contribution >= 4 is 0 Å². The van der Waals surface area contributed by atoms with E-state index in [1.807, 2.05) is 65.8 Å². The quantitative estimate of drug-likeness (QED) is 0.141. The maximum absolute atomic E-state index is 14.7. The van der Waals surface area contributed by atoms with Gasteiger partial charge in [-0.15, -0.1) is 0 Å². The molecule has 0 saturated heterocycles. The molecule has 4 nitrogen and oxygen atoms in total. The Morgan fingerprint density at radius 1 is 0.491 bits per heavy atom. The van der Waals surface area contributed by atoms with Gasteiger partial charge in [0.2, 0.25) is 0 Å². The monoisotopic (exact) mass is 761 g/mol. The SMILES string of the molecule is CC.CC.Cc1cc(C(C)(C)CC(C)(C)C)cc(-c2cc(F)ccc2OCCCOc2ccc(F)cc2-c2cc(C(C)(C)CC(C)(C)C)cc(C)c2O)c1O. The molecule has 0 unspecified atom stereocenters. The van der Waals surface area contributed by atoms with E-state index in [0.29, 0.717) is 51.3 Å². The van der Waals surface area contributed by atoms with Crippen LogP contribution in [-0.2, 0) is 10.8 Å². The number of phenols is 2. The summed E-state index contributed by atoms with van der Waals surface area (Å²) in [6, 6.07) is 16.6. The number of phenolic OH excluding ortho intramolecular Hbond substituents is 2. The number of halogens is 2. The summed E-state index contributed by atoms with van der Waals surface area (Å²) in [6.07, 6.45) is 2.32. The zero-order chi connectivity index (χ0) is 42.1. The number of ether oxygens (including phenoxy) is 2. The molecule has 4 aromatic carbocycles. The summed E-state index contributed by atoms with van der Waals surface area (Å²) in [4.78, 5) is 0. The minimum Gasteiger partial charge on any atom is -0.507 e.